The minimum atomic E-state index is -1.09. The van der Waals surface area contributed by atoms with Gasteiger partial charge in [-0.05, 0) is 25.0 Å². The van der Waals surface area contributed by atoms with Crippen LogP contribution in [0.2, 0.25) is 0 Å². The number of nitriles is 1. The van der Waals surface area contributed by atoms with Crippen LogP contribution in [0.15, 0.2) is 12.1 Å². The molecule has 0 aliphatic carbocycles. The second-order valence-electron chi connectivity index (χ2n) is 4.08. The molecule has 0 spiro atoms. The van der Waals surface area contributed by atoms with Crippen molar-refractivity contribution >= 4 is 5.69 Å². The highest BCUT2D eigenvalue weighted by molar-refractivity contribution is 5.50. The fourth-order valence-electron chi connectivity index (χ4n) is 1.16. The molecule has 1 aromatic carbocycles. The molecule has 1 N–H and O–H groups in total. The minimum absolute atomic E-state index is 0.0295. The smallest absolute Gasteiger partial charge is 0.183 e. The predicted octanol–water partition coefficient (Wildman–Crippen LogP) is 3.29. The number of halogens is 2. The van der Waals surface area contributed by atoms with E-state index in [1.54, 1.807) is 6.07 Å². The molecule has 4 heteroatoms. The zero-order chi connectivity index (χ0) is 12.3. The Balaban J connectivity index is 3.00. The highest BCUT2D eigenvalue weighted by atomic mass is 19.2. The SMILES string of the molecule is CC(C)C(C)Nc1ccc(C#N)c(F)c1F. The molecule has 1 unspecified atom stereocenters. The van der Waals surface area contributed by atoms with Crippen LogP contribution in [-0.2, 0) is 0 Å². The van der Waals surface area contributed by atoms with Crippen LogP contribution in [0.3, 0.4) is 0 Å². The van der Waals surface area contributed by atoms with Gasteiger partial charge in [0.05, 0.1) is 11.3 Å². The van der Waals surface area contributed by atoms with E-state index in [0.29, 0.717) is 5.92 Å². The van der Waals surface area contributed by atoms with E-state index in [4.69, 9.17) is 5.26 Å². The molecule has 86 valence electrons. The lowest BCUT2D eigenvalue weighted by Crippen LogP contribution is -2.22. The third kappa shape index (κ3) is 2.48. The Kier molecular flexibility index (Phi) is 3.83. The molecule has 0 amide bonds. The summed E-state index contributed by atoms with van der Waals surface area (Å²) >= 11 is 0. The summed E-state index contributed by atoms with van der Waals surface area (Å²) in [5.41, 5.74) is -0.182. The van der Waals surface area contributed by atoms with E-state index in [2.05, 4.69) is 5.32 Å². The van der Waals surface area contributed by atoms with E-state index >= 15 is 0 Å². The molecule has 1 aromatic rings. The summed E-state index contributed by atoms with van der Waals surface area (Å²) in [4.78, 5) is 0. The van der Waals surface area contributed by atoms with Crippen molar-refractivity contribution in [2.45, 2.75) is 26.8 Å². The van der Waals surface area contributed by atoms with Crippen LogP contribution in [0.25, 0.3) is 0 Å². The Bertz CT molecular complexity index is 422. The molecule has 0 fully saturated rings. The van der Waals surface area contributed by atoms with Crippen molar-refractivity contribution in [1.29, 1.82) is 5.26 Å². The molecule has 0 radical (unpaired) electrons. The molecular formula is C12H14F2N2. The first-order valence-corrected chi connectivity index (χ1v) is 5.12. The van der Waals surface area contributed by atoms with Crippen molar-refractivity contribution in [1.82, 2.24) is 0 Å². The Labute approximate surface area is 93.9 Å². The molecular weight excluding hydrogens is 210 g/mol. The first-order chi connectivity index (χ1) is 7.47. The van der Waals surface area contributed by atoms with E-state index in [9.17, 15) is 8.78 Å². The lowest BCUT2D eigenvalue weighted by molar-refractivity contribution is 0.502. The van der Waals surface area contributed by atoms with E-state index in [1.165, 1.54) is 12.1 Å². The number of nitrogens with one attached hydrogen (secondary N) is 1. The number of benzene rings is 1. The summed E-state index contributed by atoms with van der Waals surface area (Å²) in [5.74, 6) is -1.78. The van der Waals surface area contributed by atoms with Crippen LogP contribution < -0.4 is 5.32 Å². The van der Waals surface area contributed by atoms with Crippen molar-refractivity contribution in [3.05, 3.63) is 29.3 Å². The fourth-order valence-corrected chi connectivity index (χ4v) is 1.16. The molecule has 0 saturated carbocycles. The summed E-state index contributed by atoms with van der Waals surface area (Å²) in [6.45, 7) is 5.85. The number of hydrogen-bond acceptors (Lipinski definition) is 2. The highest BCUT2D eigenvalue weighted by Crippen LogP contribution is 2.21. The van der Waals surface area contributed by atoms with Gasteiger partial charge >= 0.3 is 0 Å². The molecule has 0 aliphatic rings. The van der Waals surface area contributed by atoms with Gasteiger partial charge in [0, 0.05) is 6.04 Å². The van der Waals surface area contributed by atoms with Gasteiger partial charge in [0.2, 0.25) is 0 Å². The zero-order valence-corrected chi connectivity index (χ0v) is 9.51. The van der Waals surface area contributed by atoms with Crippen LogP contribution >= 0.6 is 0 Å². The molecule has 16 heavy (non-hydrogen) atoms. The predicted molar refractivity (Wildman–Crippen MR) is 59.0 cm³/mol. The third-order valence-corrected chi connectivity index (χ3v) is 2.59. The average molecular weight is 224 g/mol. The molecule has 1 rings (SSSR count). The summed E-state index contributed by atoms with van der Waals surface area (Å²) in [6, 6.07) is 4.28. The Morgan fingerprint density at radius 3 is 2.31 bits per heavy atom. The summed E-state index contributed by atoms with van der Waals surface area (Å²) in [5, 5.41) is 11.4. The van der Waals surface area contributed by atoms with Crippen LogP contribution in [0.1, 0.15) is 26.3 Å². The molecule has 0 aromatic heterocycles. The van der Waals surface area contributed by atoms with Gasteiger partial charge in [0.1, 0.15) is 6.07 Å². The van der Waals surface area contributed by atoms with Crippen LogP contribution in [-0.4, -0.2) is 6.04 Å². The molecule has 0 aliphatic heterocycles. The van der Waals surface area contributed by atoms with E-state index in [-0.39, 0.29) is 17.3 Å². The van der Waals surface area contributed by atoms with Crippen LogP contribution in [0.4, 0.5) is 14.5 Å². The second kappa shape index (κ2) is 4.93. The van der Waals surface area contributed by atoms with Crippen LogP contribution in [0.5, 0.6) is 0 Å². The normalized spacial score (nSPS) is 12.3. The number of anilines is 1. The van der Waals surface area contributed by atoms with Gasteiger partial charge in [-0.15, -0.1) is 0 Å². The first-order valence-electron chi connectivity index (χ1n) is 5.12. The Morgan fingerprint density at radius 2 is 1.81 bits per heavy atom. The quantitative estimate of drug-likeness (QED) is 0.855. The van der Waals surface area contributed by atoms with Crippen molar-refractivity contribution in [2.24, 2.45) is 5.92 Å². The van der Waals surface area contributed by atoms with Gasteiger partial charge in [-0.1, -0.05) is 13.8 Å². The molecule has 1 atom stereocenters. The minimum Gasteiger partial charge on any atom is -0.380 e. The van der Waals surface area contributed by atoms with Crippen molar-refractivity contribution in [2.75, 3.05) is 5.32 Å². The van der Waals surface area contributed by atoms with Gasteiger partial charge < -0.3 is 5.32 Å². The van der Waals surface area contributed by atoms with Crippen molar-refractivity contribution in [3.8, 4) is 6.07 Å². The van der Waals surface area contributed by atoms with Gasteiger partial charge in [0.25, 0.3) is 0 Å². The Hall–Kier alpha value is -1.63. The number of rotatable bonds is 3. The van der Waals surface area contributed by atoms with E-state index < -0.39 is 11.6 Å². The second-order valence-corrected chi connectivity index (χ2v) is 4.08. The molecule has 0 heterocycles. The van der Waals surface area contributed by atoms with Gasteiger partial charge in [0.15, 0.2) is 11.6 Å². The maximum Gasteiger partial charge on any atom is 0.183 e. The highest BCUT2D eigenvalue weighted by Gasteiger charge is 2.15. The Morgan fingerprint density at radius 1 is 1.19 bits per heavy atom. The lowest BCUT2D eigenvalue weighted by atomic mass is 10.1. The fraction of sp³-hybridized carbons (Fsp3) is 0.417. The summed E-state index contributed by atoms with van der Waals surface area (Å²) < 4.78 is 26.8. The van der Waals surface area contributed by atoms with Crippen molar-refractivity contribution in [3.63, 3.8) is 0 Å². The van der Waals surface area contributed by atoms with Gasteiger partial charge in [-0.3, -0.25) is 0 Å². The molecule has 0 saturated heterocycles. The standard InChI is InChI=1S/C12H14F2N2/c1-7(2)8(3)16-10-5-4-9(6-15)11(13)12(10)14/h4-5,7-8,16H,1-3H3. The molecule has 2 nitrogen and oxygen atoms in total. The monoisotopic (exact) mass is 224 g/mol. The largest absolute Gasteiger partial charge is 0.380 e. The summed E-state index contributed by atoms with van der Waals surface area (Å²) in [7, 11) is 0. The van der Waals surface area contributed by atoms with E-state index in [1.807, 2.05) is 20.8 Å². The molecule has 0 bridgehead atoms. The van der Waals surface area contributed by atoms with Gasteiger partial charge in [-0.25, -0.2) is 8.78 Å². The number of hydrogen-bond donors (Lipinski definition) is 1. The topological polar surface area (TPSA) is 35.8 Å². The first kappa shape index (κ1) is 12.4. The maximum atomic E-state index is 13.5. The lowest BCUT2D eigenvalue weighted by Gasteiger charge is -2.19. The van der Waals surface area contributed by atoms with Crippen LogP contribution in [0, 0.1) is 28.9 Å². The van der Waals surface area contributed by atoms with Crippen molar-refractivity contribution < 1.29 is 8.78 Å². The summed E-state index contributed by atoms with van der Waals surface area (Å²) in [6.07, 6.45) is 0. The number of nitrogens with zero attached hydrogens (tertiary/aromatic N) is 1. The average Bonchev–Trinajstić information content (AvgIpc) is 2.25. The third-order valence-electron chi connectivity index (χ3n) is 2.59. The van der Waals surface area contributed by atoms with Gasteiger partial charge in [-0.2, -0.15) is 5.26 Å². The zero-order valence-electron chi connectivity index (χ0n) is 9.51. The van der Waals surface area contributed by atoms with E-state index in [0.717, 1.165) is 0 Å². The maximum absolute atomic E-state index is 13.5.